The molecule has 0 aliphatic carbocycles. The first-order chi connectivity index (χ1) is 10.7. The molecule has 1 N–H and O–H groups in total. The van der Waals surface area contributed by atoms with Crippen LogP contribution >= 0.6 is 0 Å². The summed E-state index contributed by atoms with van der Waals surface area (Å²) in [4.78, 5) is 23.4. The monoisotopic (exact) mass is 301 g/mol. The number of hydrogen-bond acceptors (Lipinski definition) is 2. The molecule has 1 aliphatic heterocycles. The Bertz CT molecular complexity index is 522. The number of carbonyl (C=O) groups excluding carboxylic acids is 2. The summed E-state index contributed by atoms with van der Waals surface area (Å²) in [6.07, 6.45) is 12.5. The number of rotatable bonds is 10. The van der Waals surface area contributed by atoms with E-state index >= 15 is 0 Å². The average molecular weight is 301 g/mol. The standard InChI is InChI=1S/C19H27NO2/c1-2-3-4-5-6-7-8-9-10-12-15-13-11-14-16-17(15)19(22)20-18(16)21/h11,13-14H,2-10,12H2,1H3,(H,20,21,22). The van der Waals surface area contributed by atoms with Crippen molar-refractivity contribution >= 4 is 11.8 Å². The van der Waals surface area contributed by atoms with E-state index in [0.717, 1.165) is 18.4 Å². The Kier molecular flexibility index (Phi) is 6.63. The van der Waals surface area contributed by atoms with Crippen LogP contribution in [0, 0.1) is 0 Å². The molecule has 0 saturated heterocycles. The van der Waals surface area contributed by atoms with Gasteiger partial charge in [-0.05, 0) is 24.5 Å². The largest absolute Gasteiger partial charge is 0.288 e. The lowest BCUT2D eigenvalue weighted by Crippen LogP contribution is -2.20. The van der Waals surface area contributed by atoms with E-state index in [1.165, 1.54) is 51.4 Å². The fraction of sp³-hybridized carbons (Fsp3) is 0.579. The van der Waals surface area contributed by atoms with Crippen LogP contribution in [0.3, 0.4) is 0 Å². The van der Waals surface area contributed by atoms with Crippen LogP contribution in [0.1, 0.15) is 91.0 Å². The fourth-order valence-corrected chi connectivity index (χ4v) is 3.12. The molecule has 3 nitrogen and oxygen atoms in total. The summed E-state index contributed by atoms with van der Waals surface area (Å²) in [6.45, 7) is 2.24. The van der Waals surface area contributed by atoms with Crippen molar-refractivity contribution in [2.24, 2.45) is 0 Å². The van der Waals surface area contributed by atoms with Crippen LogP contribution in [0.4, 0.5) is 0 Å². The molecule has 1 aliphatic rings. The third kappa shape index (κ3) is 4.43. The lowest BCUT2D eigenvalue weighted by Gasteiger charge is -2.06. The molecular weight excluding hydrogens is 274 g/mol. The Morgan fingerprint density at radius 3 is 2.14 bits per heavy atom. The molecule has 0 radical (unpaired) electrons. The van der Waals surface area contributed by atoms with Gasteiger partial charge >= 0.3 is 0 Å². The molecule has 0 unspecified atom stereocenters. The van der Waals surface area contributed by atoms with E-state index in [1.54, 1.807) is 6.07 Å². The van der Waals surface area contributed by atoms with Crippen molar-refractivity contribution < 1.29 is 9.59 Å². The molecule has 1 heterocycles. The first-order valence-corrected chi connectivity index (χ1v) is 8.71. The Balaban J connectivity index is 1.68. The van der Waals surface area contributed by atoms with Gasteiger partial charge in [0.15, 0.2) is 0 Å². The highest BCUT2D eigenvalue weighted by molar-refractivity contribution is 6.22. The third-order valence-corrected chi connectivity index (χ3v) is 4.40. The van der Waals surface area contributed by atoms with E-state index in [0.29, 0.717) is 11.1 Å². The van der Waals surface area contributed by atoms with E-state index < -0.39 is 0 Å². The number of aryl methyl sites for hydroxylation is 1. The first kappa shape index (κ1) is 16.7. The van der Waals surface area contributed by atoms with Crippen molar-refractivity contribution in [1.29, 1.82) is 0 Å². The summed E-state index contributed by atoms with van der Waals surface area (Å²) in [7, 11) is 0. The quantitative estimate of drug-likeness (QED) is 0.505. The minimum Gasteiger partial charge on any atom is -0.288 e. The number of unbranched alkanes of at least 4 members (excludes halogenated alkanes) is 8. The van der Waals surface area contributed by atoms with Gasteiger partial charge in [0.25, 0.3) is 11.8 Å². The Labute approximate surface area is 133 Å². The molecule has 0 bridgehead atoms. The molecule has 120 valence electrons. The highest BCUT2D eigenvalue weighted by Crippen LogP contribution is 2.22. The van der Waals surface area contributed by atoms with Crippen molar-refractivity contribution in [3.05, 3.63) is 34.9 Å². The molecule has 2 amide bonds. The highest BCUT2D eigenvalue weighted by Gasteiger charge is 2.28. The molecule has 3 heteroatoms. The summed E-state index contributed by atoms with van der Waals surface area (Å²) in [5.41, 5.74) is 2.16. The van der Waals surface area contributed by atoms with Gasteiger partial charge in [-0.3, -0.25) is 14.9 Å². The van der Waals surface area contributed by atoms with E-state index in [2.05, 4.69) is 12.2 Å². The fourth-order valence-electron chi connectivity index (χ4n) is 3.12. The van der Waals surface area contributed by atoms with Crippen molar-refractivity contribution in [2.45, 2.75) is 71.1 Å². The second-order valence-electron chi connectivity index (χ2n) is 6.20. The predicted octanol–water partition coefficient (Wildman–Crippen LogP) is 4.64. The zero-order valence-electron chi connectivity index (χ0n) is 13.6. The van der Waals surface area contributed by atoms with Crippen LogP contribution in [-0.4, -0.2) is 11.8 Å². The average Bonchev–Trinajstić information content (AvgIpc) is 2.81. The van der Waals surface area contributed by atoms with E-state index in [9.17, 15) is 9.59 Å². The van der Waals surface area contributed by atoms with Gasteiger partial charge in [0, 0.05) is 0 Å². The van der Waals surface area contributed by atoms with Crippen LogP contribution in [-0.2, 0) is 6.42 Å². The molecule has 0 saturated carbocycles. The minimum absolute atomic E-state index is 0.230. The van der Waals surface area contributed by atoms with Gasteiger partial charge in [-0.25, -0.2) is 0 Å². The Morgan fingerprint density at radius 1 is 0.818 bits per heavy atom. The van der Waals surface area contributed by atoms with E-state index in [-0.39, 0.29) is 11.8 Å². The van der Waals surface area contributed by atoms with E-state index in [4.69, 9.17) is 0 Å². The highest BCUT2D eigenvalue weighted by atomic mass is 16.2. The number of carbonyl (C=O) groups is 2. The number of benzene rings is 1. The molecule has 0 fully saturated rings. The zero-order chi connectivity index (χ0) is 15.8. The van der Waals surface area contributed by atoms with E-state index in [1.807, 2.05) is 12.1 Å². The van der Waals surface area contributed by atoms with Gasteiger partial charge in [0.2, 0.25) is 0 Å². The summed E-state index contributed by atoms with van der Waals surface area (Å²) in [6, 6.07) is 5.58. The molecule has 2 rings (SSSR count). The maximum Gasteiger partial charge on any atom is 0.259 e. The molecule has 0 aromatic heterocycles. The molecular formula is C19H27NO2. The SMILES string of the molecule is CCCCCCCCCCCc1cccc2c1C(=O)NC2=O. The van der Waals surface area contributed by atoms with Crippen LogP contribution < -0.4 is 5.32 Å². The van der Waals surface area contributed by atoms with Crippen molar-refractivity contribution in [1.82, 2.24) is 5.32 Å². The minimum atomic E-state index is -0.256. The molecule has 0 atom stereocenters. The van der Waals surface area contributed by atoms with Crippen LogP contribution in [0.15, 0.2) is 18.2 Å². The van der Waals surface area contributed by atoms with Gasteiger partial charge in [-0.2, -0.15) is 0 Å². The lowest BCUT2D eigenvalue weighted by molar-refractivity contribution is 0.0879. The Morgan fingerprint density at radius 2 is 1.45 bits per heavy atom. The number of hydrogen-bond donors (Lipinski definition) is 1. The van der Waals surface area contributed by atoms with Crippen molar-refractivity contribution in [3.8, 4) is 0 Å². The molecule has 22 heavy (non-hydrogen) atoms. The molecule has 1 aromatic carbocycles. The van der Waals surface area contributed by atoms with Gasteiger partial charge < -0.3 is 0 Å². The first-order valence-electron chi connectivity index (χ1n) is 8.71. The van der Waals surface area contributed by atoms with Gasteiger partial charge in [0.05, 0.1) is 11.1 Å². The van der Waals surface area contributed by atoms with Gasteiger partial charge in [-0.1, -0.05) is 70.4 Å². The summed E-state index contributed by atoms with van der Waals surface area (Å²) in [5.74, 6) is -0.486. The Hall–Kier alpha value is -1.64. The maximum atomic E-state index is 11.8. The van der Waals surface area contributed by atoms with Crippen molar-refractivity contribution in [2.75, 3.05) is 0 Å². The molecule has 1 aromatic rings. The summed E-state index contributed by atoms with van der Waals surface area (Å²) < 4.78 is 0. The topological polar surface area (TPSA) is 46.2 Å². The second kappa shape index (κ2) is 8.72. The van der Waals surface area contributed by atoms with Gasteiger partial charge in [-0.15, -0.1) is 0 Å². The van der Waals surface area contributed by atoms with Gasteiger partial charge in [0.1, 0.15) is 0 Å². The number of imide groups is 1. The predicted molar refractivity (Wildman–Crippen MR) is 89.2 cm³/mol. The summed E-state index contributed by atoms with van der Waals surface area (Å²) >= 11 is 0. The lowest BCUT2D eigenvalue weighted by atomic mass is 9.97. The normalized spacial score (nSPS) is 13.3. The maximum absolute atomic E-state index is 11.8. The number of nitrogens with one attached hydrogen (secondary N) is 1. The van der Waals surface area contributed by atoms with Crippen LogP contribution in [0.2, 0.25) is 0 Å². The number of fused-ring (bicyclic) bond motifs is 1. The second-order valence-corrected chi connectivity index (χ2v) is 6.20. The van der Waals surface area contributed by atoms with Crippen molar-refractivity contribution in [3.63, 3.8) is 0 Å². The molecule has 0 spiro atoms. The third-order valence-electron chi connectivity index (χ3n) is 4.40. The van der Waals surface area contributed by atoms with Crippen LogP contribution in [0.5, 0.6) is 0 Å². The summed E-state index contributed by atoms with van der Waals surface area (Å²) in [5, 5.41) is 2.38. The number of amides is 2. The smallest absolute Gasteiger partial charge is 0.259 e. The zero-order valence-corrected chi connectivity index (χ0v) is 13.6. The van der Waals surface area contributed by atoms with Crippen LogP contribution in [0.25, 0.3) is 0 Å².